The Bertz CT molecular complexity index is 1040. The van der Waals surface area contributed by atoms with Crippen LogP contribution in [0.1, 0.15) is 30.3 Å². The molecular weight excluding hydrogens is 396 g/mol. The zero-order valence-corrected chi connectivity index (χ0v) is 19.1. The second kappa shape index (κ2) is 10.5. The standard InChI is InChI=1S/C27H32N4O/c1-3-14-31-16-15-30(20-25-11-6-8-21(2)29-25)19-24(27(31)32)17-22-9-4-5-12-26(22)23-10-7-13-28-18-23/h4-13,18,24H,3,14-17,19-20H2,1-2H3/t24-/m1/s1. The fraction of sp³-hybridized carbons (Fsp3) is 0.370. The summed E-state index contributed by atoms with van der Waals surface area (Å²) < 4.78 is 0. The normalized spacial score (nSPS) is 17.4. The molecule has 1 aliphatic heterocycles. The molecule has 1 amide bonds. The molecule has 1 atom stereocenters. The van der Waals surface area contributed by atoms with E-state index in [4.69, 9.17) is 0 Å². The third-order valence-electron chi connectivity index (χ3n) is 6.11. The molecule has 166 valence electrons. The fourth-order valence-corrected chi connectivity index (χ4v) is 4.58. The average molecular weight is 429 g/mol. The lowest BCUT2D eigenvalue weighted by atomic mass is 9.91. The van der Waals surface area contributed by atoms with E-state index in [0.29, 0.717) is 0 Å². The van der Waals surface area contributed by atoms with Gasteiger partial charge >= 0.3 is 0 Å². The first-order valence-electron chi connectivity index (χ1n) is 11.6. The second-order valence-corrected chi connectivity index (χ2v) is 8.63. The molecule has 0 N–H and O–H groups in total. The van der Waals surface area contributed by atoms with Crippen LogP contribution in [0.5, 0.6) is 0 Å². The largest absolute Gasteiger partial charge is 0.341 e. The zero-order chi connectivity index (χ0) is 22.3. The Labute approximate surface area is 191 Å². The van der Waals surface area contributed by atoms with Gasteiger partial charge in [-0.1, -0.05) is 43.3 Å². The summed E-state index contributed by atoms with van der Waals surface area (Å²) in [5.74, 6) is 0.194. The Morgan fingerprint density at radius 1 is 1.03 bits per heavy atom. The Morgan fingerprint density at radius 2 is 1.91 bits per heavy atom. The van der Waals surface area contributed by atoms with Gasteiger partial charge in [0.25, 0.3) is 0 Å². The summed E-state index contributed by atoms with van der Waals surface area (Å²) in [5.41, 5.74) is 5.55. The molecule has 0 spiro atoms. The van der Waals surface area contributed by atoms with Gasteiger partial charge in [-0.2, -0.15) is 0 Å². The molecule has 1 saturated heterocycles. The van der Waals surface area contributed by atoms with Crippen molar-refractivity contribution in [3.8, 4) is 11.1 Å². The van der Waals surface area contributed by atoms with Crippen molar-refractivity contribution in [2.75, 3.05) is 26.2 Å². The number of nitrogens with zero attached hydrogens (tertiary/aromatic N) is 4. The van der Waals surface area contributed by atoms with Gasteiger partial charge in [0.1, 0.15) is 0 Å². The van der Waals surface area contributed by atoms with E-state index in [1.54, 1.807) is 6.20 Å². The summed E-state index contributed by atoms with van der Waals surface area (Å²) in [6, 6.07) is 18.6. The summed E-state index contributed by atoms with van der Waals surface area (Å²) in [5, 5.41) is 0. The number of benzene rings is 1. The van der Waals surface area contributed by atoms with Gasteiger partial charge in [-0.05, 0) is 49.1 Å². The van der Waals surface area contributed by atoms with Crippen molar-refractivity contribution in [3.63, 3.8) is 0 Å². The highest BCUT2D eigenvalue weighted by molar-refractivity contribution is 5.80. The van der Waals surface area contributed by atoms with Gasteiger partial charge in [0.2, 0.25) is 5.91 Å². The smallest absolute Gasteiger partial charge is 0.227 e. The van der Waals surface area contributed by atoms with Crippen molar-refractivity contribution < 1.29 is 4.79 Å². The summed E-state index contributed by atoms with van der Waals surface area (Å²) in [6.07, 6.45) is 5.39. The number of carbonyl (C=O) groups excluding carboxylic acids is 1. The van der Waals surface area contributed by atoms with Crippen molar-refractivity contribution >= 4 is 5.91 Å². The first kappa shape index (κ1) is 22.2. The molecular formula is C27H32N4O. The Morgan fingerprint density at radius 3 is 2.69 bits per heavy atom. The topological polar surface area (TPSA) is 49.3 Å². The van der Waals surface area contributed by atoms with E-state index < -0.39 is 0 Å². The van der Waals surface area contributed by atoms with Gasteiger partial charge in [-0.3, -0.25) is 19.7 Å². The van der Waals surface area contributed by atoms with Crippen molar-refractivity contribution in [3.05, 3.63) is 83.9 Å². The molecule has 4 rings (SSSR count). The fourth-order valence-electron chi connectivity index (χ4n) is 4.58. The van der Waals surface area contributed by atoms with E-state index in [9.17, 15) is 4.79 Å². The van der Waals surface area contributed by atoms with Gasteiger partial charge in [-0.15, -0.1) is 0 Å². The summed E-state index contributed by atoms with van der Waals surface area (Å²) in [4.78, 5) is 26.9. The lowest BCUT2D eigenvalue weighted by Crippen LogP contribution is -2.37. The quantitative estimate of drug-likeness (QED) is 0.561. The third-order valence-corrected chi connectivity index (χ3v) is 6.11. The van der Waals surface area contributed by atoms with Crippen LogP contribution >= 0.6 is 0 Å². The predicted octanol–water partition coefficient (Wildman–Crippen LogP) is 4.37. The molecule has 1 fully saturated rings. The van der Waals surface area contributed by atoms with Crippen molar-refractivity contribution in [2.45, 2.75) is 33.2 Å². The molecule has 5 heteroatoms. The first-order valence-corrected chi connectivity index (χ1v) is 11.6. The minimum atomic E-state index is -0.0771. The molecule has 1 aromatic carbocycles. The number of hydrogen-bond donors (Lipinski definition) is 0. The summed E-state index contributed by atoms with van der Waals surface area (Å²) >= 11 is 0. The van der Waals surface area contributed by atoms with E-state index in [1.807, 2.05) is 25.3 Å². The van der Waals surface area contributed by atoms with Crippen molar-refractivity contribution in [1.29, 1.82) is 0 Å². The molecule has 0 radical (unpaired) electrons. The molecule has 2 aromatic heterocycles. The molecule has 0 unspecified atom stereocenters. The van der Waals surface area contributed by atoms with Crippen LogP contribution in [0, 0.1) is 12.8 Å². The minimum Gasteiger partial charge on any atom is -0.341 e. The number of aryl methyl sites for hydroxylation is 1. The van der Waals surface area contributed by atoms with Crippen LogP contribution in [-0.2, 0) is 17.8 Å². The first-order chi connectivity index (χ1) is 15.6. The van der Waals surface area contributed by atoms with Gasteiger partial charge in [-0.25, -0.2) is 0 Å². The lowest BCUT2D eigenvalue weighted by molar-refractivity contribution is -0.134. The highest BCUT2D eigenvalue weighted by Crippen LogP contribution is 2.27. The predicted molar refractivity (Wildman–Crippen MR) is 128 cm³/mol. The van der Waals surface area contributed by atoms with Crippen LogP contribution in [0.25, 0.3) is 11.1 Å². The molecule has 32 heavy (non-hydrogen) atoms. The van der Waals surface area contributed by atoms with Crippen LogP contribution in [0.15, 0.2) is 67.0 Å². The SMILES string of the molecule is CCCN1CCN(Cc2cccc(C)n2)C[C@@H](Cc2ccccc2-c2cccnc2)C1=O. The minimum absolute atomic E-state index is 0.0771. The van der Waals surface area contributed by atoms with Crippen LogP contribution in [0.3, 0.4) is 0 Å². The Balaban J connectivity index is 1.59. The number of aromatic nitrogens is 2. The van der Waals surface area contributed by atoms with E-state index in [2.05, 4.69) is 69.2 Å². The van der Waals surface area contributed by atoms with Crippen molar-refractivity contribution in [2.24, 2.45) is 5.92 Å². The highest BCUT2D eigenvalue weighted by Gasteiger charge is 2.30. The zero-order valence-electron chi connectivity index (χ0n) is 19.1. The highest BCUT2D eigenvalue weighted by atomic mass is 16.2. The number of amides is 1. The van der Waals surface area contributed by atoms with Gasteiger partial charge in [0.05, 0.1) is 11.6 Å². The monoisotopic (exact) mass is 428 g/mol. The molecule has 3 heterocycles. The molecule has 0 bridgehead atoms. The third kappa shape index (κ3) is 5.40. The maximum atomic E-state index is 13.5. The summed E-state index contributed by atoms with van der Waals surface area (Å²) in [7, 11) is 0. The molecule has 3 aromatic rings. The van der Waals surface area contributed by atoms with Gasteiger partial charge in [0.15, 0.2) is 0 Å². The molecule has 1 aliphatic rings. The molecule has 0 saturated carbocycles. The number of hydrogen-bond acceptors (Lipinski definition) is 4. The van der Waals surface area contributed by atoms with Crippen LogP contribution < -0.4 is 0 Å². The Kier molecular flexibility index (Phi) is 7.28. The lowest BCUT2D eigenvalue weighted by Gasteiger charge is -2.24. The van der Waals surface area contributed by atoms with Crippen LogP contribution in [0.4, 0.5) is 0 Å². The van der Waals surface area contributed by atoms with E-state index in [1.165, 1.54) is 5.56 Å². The Hall–Kier alpha value is -3.05. The molecule has 5 nitrogen and oxygen atoms in total. The summed E-state index contributed by atoms with van der Waals surface area (Å²) in [6.45, 7) is 8.15. The van der Waals surface area contributed by atoms with Gasteiger partial charge < -0.3 is 4.90 Å². The number of carbonyl (C=O) groups is 1. The maximum absolute atomic E-state index is 13.5. The van der Waals surface area contributed by atoms with E-state index in [-0.39, 0.29) is 11.8 Å². The van der Waals surface area contributed by atoms with Crippen LogP contribution in [0.2, 0.25) is 0 Å². The van der Waals surface area contributed by atoms with Crippen LogP contribution in [-0.4, -0.2) is 51.9 Å². The van der Waals surface area contributed by atoms with Gasteiger partial charge in [0, 0.05) is 56.4 Å². The maximum Gasteiger partial charge on any atom is 0.227 e. The number of pyridine rings is 2. The van der Waals surface area contributed by atoms with E-state index >= 15 is 0 Å². The van der Waals surface area contributed by atoms with Crippen molar-refractivity contribution in [1.82, 2.24) is 19.8 Å². The second-order valence-electron chi connectivity index (χ2n) is 8.63. The number of rotatable bonds is 7. The average Bonchev–Trinajstić information content (AvgIpc) is 2.94. The van der Waals surface area contributed by atoms with E-state index in [0.717, 1.165) is 68.1 Å². The molecule has 0 aliphatic carbocycles.